The molecule has 0 saturated carbocycles. The summed E-state index contributed by atoms with van der Waals surface area (Å²) in [6.07, 6.45) is 0. The normalized spacial score (nSPS) is 10.3. The van der Waals surface area contributed by atoms with E-state index in [9.17, 15) is 4.79 Å². The molecule has 0 heterocycles. The molecule has 0 radical (unpaired) electrons. The molecule has 0 unspecified atom stereocenters. The van der Waals surface area contributed by atoms with Crippen molar-refractivity contribution in [3.63, 3.8) is 0 Å². The van der Waals surface area contributed by atoms with Gasteiger partial charge in [0.05, 0.1) is 13.2 Å². The van der Waals surface area contributed by atoms with E-state index in [2.05, 4.69) is 31.9 Å². The van der Waals surface area contributed by atoms with E-state index < -0.39 is 3.74 Å². The van der Waals surface area contributed by atoms with Crippen molar-refractivity contribution in [2.45, 2.75) is 3.74 Å². The summed E-state index contributed by atoms with van der Waals surface area (Å²) in [6.45, 7) is 1.61. The van der Waals surface area contributed by atoms with Crippen LogP contribution in [0, 0.1) is 0 Å². The van der Waals surface area contributed by atoms with Crippen LogP contribution in [0.1, 0.15) is 0 Å². The zero-order chi connectivity index (χ0) is 9.40. The highest BCUT2D eigenvalue weighted by atomic mass is 79.9. The lowest BCUT2D eigenvalue weighted by atomic mass is 10.7. The Balaban J connectivity index is 3.14. The van der Waals surface area contributed by atoms with Crippen LogP contribution in [0.2, 0.25) is 0 Å². The number of nitrogens with two attached hydrogens (primary N) is 1. The Kier molecular flexibility index (Phi) is 8.20. The van der Waals surface area contributed by atoms with Crippen molar-refractivity contribution >= 4 is 37.8 Å². The molecule has 0 aliphatic carbocycles. The van der Waals surface area contributed by atoms with Gasteiger partial charge in [0.1, 0.15) is 6.61 Å². The quantitative estimate of drug-likeness (QED) is 0.444. The first-order valence-corrected chi connectivity index (χ1v) is 5.24. The number of halogens is 2. The molecule has 0 amide bonds. The minimum atomic E-state index is -0.445. The molecule has 0 aromatic rings. The van der Waals surface area contributed by atoms with Crippen LogP contribution in [0.5, 0.6) is 0 Å². The Morgan fingerprint density at radius 1 is 1.33 bits per heavy atom. The Labute approximate surface area is 88.0 Å². The number of rotatable bonds is 6. The van der Waals surface area contributed by atoms with Gasteiger partial charge in [-0.3, -0.25) is 0 Å². The second-order valence-corrected chi connectivity index (χ2v) is 4.93. The molecule has 0 aromatic carbocycles. The van der Waals surface area contributed by atoms with E-state index in [1.54, 1.807) is 0 Å². The highest BCUT2D eigenvalue weighted by Crippen LogP contribution is 2.09. The third kappa shape index (κ3) is 7.02. The second-order valence-electron chi connectivity index (χ2n) is 1.87. The van der Waals surface area contributed by atoms with E-state index in [0.29, 0.717) is 19.8 Å². The number of hydrogen-bond donors (Lipinski definition) is 1. The molecule has 0 bridgehead atoms. The molecule has 6 heteroatoms. The first-order chi connectivity index (χ1) is 5.68. The van der Waals surface area contributed by atoms with Crippen LogP contribution in [0.25, 0.3) is 0 Å². The molecule has 0 aliphatic rings. The summed E-state index contributed by atoms with van der Waals surface area (Å²) in [5.74, 6) is -0.355. The number of alkyl halides is 2. The van der Waals surface area contributed by atoms with Crippen LogP contribution >= 0.6 is 31.9 Å². The third-order valence-corrected chi connectivity index (χ3v) is 1.66. The molecule has 0 spiro atoms. The van der Waals surface area contributed by atoms with Gasteiger partial charge in [0.2, 0.25) is 0 Å². The molecule has 4 nitrogen and oxygen atoms in total. The van der Waals surface area contributed by atoms with Crippen LogP contribution < -0.4 is 5.73 Å². The average Bonchev–Trinajstić information content (AvgIpc) is 2.03. The van der Waals surface area contributed by atoms with Gasteiger partial charge in [-0.25, -0.2) is 4.79 Å². The summed E-state index contributed by atoms with van der Waals surface area (Å²) in [5, 5.41) is 0. The van der Waals surface area contributed by atoms with Crippen molar-refractivity contribution in [2.75, 3.05) is 26.4 Å². The maximum absolute atomic E-state index is 10.8. The Hall–Kier alpha value is 0.350. The summed E-state index contributed by atoms with van der Waals surface area (Å²) in [4.78, 5) is 10.8. The maximum Gasteiger partial charge on any atom is 0.330 e. The number of carbonyl (C=O) groups is 1. The van der Waals surface area contributed by atoms with Gasteiger partial charge in [-0.1, -0.05) is 31.9 Å². The minimum absolute atomic E-state index is 0.256. The fraction of sp³-hybridized carbons (Fsp3) is 0.833. The van der Waals surface area contributed by atoms with Gasteiger partial charge in [0, 0.05) is 6.54 Å². The molecular weight excluding hydrogens is 294 g/mol. The fourth-order valence-electron chi connectivity index (χ4n) is 0.450. The van der Waals surface area contributed by atoms with E-state index >= 15 is 0 Å². The molecule has 12 heavy (non-hydrogen) atoms. The molecule has 2 N–H and O–H groups in total. The largest absolute Gasteiger partial charge is 0.462 e. The summed E-state index contributed by atoms with van der Waals surface area (Å²) in [6, 6.07) is 0. The summed E-state index contributed by atoms with van der Waals surface area (Å²) in [7, 11) is 0. The van der Waals surface area contributed by atoms with Gasteiger partial charge in [-0.15, -0.1) is 0 Å². The zero-order valence-electron chi connectivity index (χ0n) is 6.46. The molecule has 0 aliphatic heterocycles. The van der Waals surface area contributed by atoms with E-state index in [1.165, 1.54) is 0 Å². The monoisotopic (exact) mass is 303 g/mol. The highest BCUT2D eigenvalue weighted by Gasteiger charge is 2.10. The molecule has 0 fully saturated rings. The van der Waals surface area contributed by atoms with E-state index in [-0.39, 0.29) is 12.6 Å². The number of hydrogen-bond acceptors (Lipinski definition) is 4. The van der Waals surface area contributed by atoms with Crippen LogP contribution in [-0.4, -0.2) is 36.1 Å². The summed E-state index contributed by atoms with van der Waals surface area (Å²) >= 11 is 6.01. The van der Waals surface area contributed by atoms with Crippen LogP contribution in [0.3, 0.4) is 0 Å². The van der Waals surface area contributed by atoms with E-state index in [0.717, 1.165) is 0 Å². The Morgan fingerprint density at radius 3 is 2.50 bits per heavy atom. The van der Waals surface area contributed by atoms with Gasteiger partial charge < -0.3 is 15.2 Å². The van der Waals surface area contributed by atoms with Crippen molar-refractivity contribution in [2.24, 2.45) is 5.73 Å². The summed E-state index contributed by atoms with van der Waals surface area (Å²) in [5.41, 5.74) is 5.17. The van der Waals surface area contributed by atoms with Gasteiger partial charge in [0.25, 0.3) is 0 Å². The van der Waals surface area contributed by atoms with Crippen molar-refractivity contribution in [3.05, 3.63) is 0 Å². The summed E-state index contributed by atoms with van der Waals surface area (Å²) < 4.78 is 9.29. The van der Waals surface area contributed by atoms with Crippen LogP contribution in [0.4, 0.5) is 0 Å². The van der Waals surface area contributed by atoms with Crippen molar-refractivity contribution in [1.29, 1.82) is 0 Å². The highest BCUT2D eigenvalue weighted by molar-refractivity contribution is 9.25. The van der Waals surface area contributed by atoms with Crippen molar-refractivity contribution in [1.82, 2.24) is 0 Å². The van der Waals surface area contributed by atoms with Gasteiger partial charge in [-0.05, 0) is 0 Å². The Morgan fingerprint density at radius 2 is 2.00 bits per heavy atom. The average molecular weight is 305 g/mol. The van der Waals surface area contributed by atoms with Gasteiger partial charge in [-0.2, -0.15) is 0 Å². The van der Waals surface area contributed by atoms with Crippen LogP contribution in [0.15, 0.2) is 0 Å². The van der Waals surface area contributed by atoms with E-state index in [1.807, 2.05) is 0 Å². The second kappa shape index (κ2) is 7.97. The molecular formula is C6H11Br2NO3. The lowest BCUT2D eigenvalue weighted by Gasteiger charge is -2.05. The van der Waals surface area contributed by atoms with Gasteiger partial charge >= 0.3 is 5.97 Å². The predicted molar refractivity (Wildman–Crippen MR) is 52.5 cm³/mol. The van der Waals surface area contributed by atoms with Crippen molar-refractivity contribution in [3.8, 4) is 0 Å². The molecule has 0 aromatic heterocycles. The topological polar surface area (TPSA) is 61.6 Å². The number of carbonyl (C=O) groups excluding carboxylic acids is 1. The molecule has 0 atom stereocenters. The SMILES string of the molecule is NCCOCCOC(=O)C(Br)Br. The van der Waals surface area contributed by atoms with Crippen molar-refractivity contribution < 1.29 is 14.3 Å². The first kappa shape index (κ1) is 12.3. The van der Waals surface area contributed by atoms with Gasteiger partial charge in [0.15, 0.2) is 3.74 Å². The fourth-order valence-corrected chi connectivity index (χ4v) is 0.714. The Bertz CT molecular complexity index is 132. The van der Waals surface area contributed by atoms with E-state index in [4.69, 9.17) is 15.2 Å². The number of esters is 1. The molecule has 72 valence electrons. The standard InChI is InChI=1S/C6H11Br2NO3/c7-5(8)6(10)12-4-3-11-2-1-9/h5H,1-4,9H2. The lowest BCUT2D eigenvalue weighted by molar-refractivity contribution is -0.142. The maximum atomic E-state index is 10.8. The predicted octanol–water partition coefficient (Wildman–Crippen LogP) is 0.621. The zero-order valence-corrected chi connectivity index (χ0v) is 9.64. The van der Waals surface area contributed by atoms with Crippen LogP contribution in [-0.2, 0) is 14.3 Å². The molecule has 0 saturated heterocycles. The molecule has 0 rings (SSSR count). The number of ether oxygens (including phenoxy) is 2. The smallest absolute Gasteiger partial charge is 0.330 e. The third-order valence-electron chi connectivity index (χ3n) is 0.912. The first-order valence-electron chi connectivity index (χ1n) is 3.41. The minimum Gasteiger partial charge on any atom is -0.462 e. The lowest BCUT2D eigenvalue weighted by Crippen LogP contribution is -2.17.